The van der Waals surface area contributed by atoms with E-state index in [9.17, 15) is 9.59 Å². The van der Waals surface area contributed by atoms with Crippen molar-refractivity contribution in [2.45, 2.75) is 17.1 Å². The molecule has 0 aromatic heterocycles. The lowest BCUT2D eigenvalue weighted by atomic mass is 10.2. The SMILES string of the molecule is C[C@@H](Sc1ccccc1)C(=O)NNC(=O)c1ccc2c(c1)OCO2. The lowest BCUT2D eigenvalue weighted by Gasteiger charge is -2.13. The molecule has 1 aliphatic rings. The van der Waals surface area contributed by atoms with Crippen molar-refractivity contribution in [2.75, 3.05) is 6.79 Å². The number of benzene rings is 2. The first-order valence-corrected chi connectivity index (χ1v) is 8.23. The number of rotatable bonds is 4. The maximum atomic E-state index is 12.1. The summed E-state index contributed by atoms with van der Waals surface area (Å²) in [6, 6.07) is 14.4. The molecule has 6 nitrogen and oxygen atoms in total. The predicted octanol–water partition coefficient (Wildman–Crippen LogP) is 2.36. The fraction of sp³-hybridized carbons (Fsp3) is 0.176. The van der Waals surface area contributed by atoms with Gasteiger partial charge in [0, 0.05) is 10.5 Å². The van der Waals surface area contributed by atoms with Gasteiger partial charge in [-0.05, 0) is 37.3 Å². The van der Waals surface area contributed by atoms with Gasteiger partial charge in [-0.1, -0.05) is 18.2 Å². The topological polar surface area (TPSA) is 76.7 Å². The summed E-state index contributed by atoms with van der Waals surface area (Å²) >= 11 is 1.42. The Hall–Kier alpha value is -2.67. The maximum Gasteiger partial charge on any atom is 0.269 e. The number of amides is 2. The monoisotopic (exact) mass is 344 g/mol. The van der Waals surface area contributed by atoms with Crippen LogP contribution >= 0.6 is 11.8 Å². The highest BCUT2D eigenvalue weighted by Crippen LogP contribution is 2.32. The Labute approximate surface area is 143 Å². The second-order valence-corrected chi connectivity index (χ2v) is 6.50. The molecule has 0 unspecified atom stereocenters. The Bertz CT molecular complexity index is 752. The molecule has 124 valence electrons. The molecule has 2 aromatic carbocycles. The number of nitrogens with one attached hydrogen (secondary N) is 2. The van der Waals surface area contributed by atoms with Crippen molar-refractivity contribution < 1.29 is 19.1 Å². The van der Waals surface area contributed by atoms with E-state index in [-0.39, 0.29) is 18.0 Å². The van der Waals surface area contributed by atoms with E-state index in [1.54, 1.807) is 25.1 Å². The first-order valence-electron chi connectivity index (χ1n) is 7.35. The Kier molecular flexibility index (Phi) is 4.90. The van der Waals surface area contributed by atoms with Gasteiger partial charge in [-0.25, -0.2) is 0 Å². The molecule has 2 amide bonds. The summed E-state index contributed by atoms with van der Waals surface area (Å²) in [5.74, 6) is 0.418. The summed E-state index contributed by atoms with van der Waals surface area (Å²) in [4.78, 5) is 25.2. The van der Waals surface area contributed by atoms with Gasteiger partial charge in [-0.2, -0.15) is 0 Å². The van der Waals surface area contributed by atoms with Gasteiger partial charge in [-0.3, -0.25) is 20.4 Å². The predicted molar refractivity (Wildman–Crippen MR) is 89.9 cm³/mol. The lowest BCUT2D eigenvalue weighted by Crippen LogP contribution is -2.44. The van der Waals surface area contributed by atoms with Crippen LogP contribution in [0.25, 0.3) is 0 Å². The molecular weight excluding hydrogens is 328 g/mol. The number of fused-ring (bicyclic) bond motifs is 1. The third-order valence-corrected chi connectivity index (χ3v) is 4.47. The Morgan fingerprint density at radius 1 is 1.04 bits per heavy atom. The van der Waals surface area contributed by atoms with Crippen molar-refractivity contribution in [2.24, 2.45) is 0 Å². The number of hydrazine groups is 1. The molecule has 0 saturated carbocycles. The van der Waals surface area contributed by atoms with Crippen molar-refractivity contribution in [3.8, 4) is 11.5 Å². The molecule has 2 aromatic rings. The zero-order valence-corrected chi connectivity index (χ0v) is 13.8. The number of thioether (sulfide) groups is 1. The van der Waals surface area contributed by atoms with Crippen LogP contribution in [0.2, 0.25) is 0 Å². The molecule has 0 bridgehead atoms. The highest BCUT2D eigenvalue weighted by molar-refractivity contribution is 8.00. The largest absolute Gasteiger partial charge is 0.454 e. The van der Waals surface area contributed by atoms with Crippen LogP contribution in [0.15, 0.2) is 53.4 Å². The Balaban J connectivity index is 1.53. The summed E-state index contributed by atoms with van der Waals surface area (Å²) in [7, 11) is 0. The van der Waals surface area contributed by atoms with E-state index < -0.39 is 5.91 Å². The summed E-state index contributed by atoms with van der Waals surface area (Å²) in [6.07, 6.45) is 0. The van der Waals surface area contributed by atoms with E-state index in [1.165, 1.54) is 11.8 Å². The molecule has 1 aliphatic heterocycles. The van der Waals surface area contributed by atoms with Crippen LogP contribution in [0.3, 0.4) is 0 Å². The van der Waals surface area contributed by atoms with Crippen LogP contribution in [0, 0.1) is 0 Å². The quantitative estimate of drug-likeness (QED) is 0.658. The standard InChI is InChI=1S/C17H16N2O4S/c1-11(24-13-5-3-2-4-6-13)16(20)18-19-17(21)12-7-8-14-15(9-12)23-10-22-14/h2-9,11H,10H2,1H3,(H,18,20)(H,19,21)/t11-/m1/s1. The van der Waals surface area contributed by atoms with Crippen molar-refractivity contribution in [1.82, 2.24) is 10.9 Å². The summed E-state index contributed by atoms with van der Waals surface area (Å²) in [5, 5.41) is -0.343. The molecule has 24 heavy (non-hydrogen) atoms. The van der Waals surface area contributed by atoms with E-state index in [0.717, 1.165) is 4.90 Å². The number of ether oxygens (including phenoxy) is 2. The molecule has 0 saturated heterocycles. The van der Waals surface area contributed by atoms with Crippen LogP contribution in [-0.2, 0) is 4.79 Å². The van der Waals surface area contributed by atoms with Gasteiger partial charge >= 0.3 is 0 Å². The van der Waals surface area contributed by atoms with Gasteiger partial charge < -0.3 is 9.47 Å². The molecule has 1 atom stereocenters. The zero-order valence-electron chi connectivity index (χ0n) is 12.9. The molecule has 0 radical (unpaired) electrons. The van der Waals surface area contributed by atoms with E-state index in [2.05, 4.69) is 10.9 Å². The Morgan fingerprint density at radius 3 is 2.58 bits per heavy atom. The van der Waals surface area contributed by atoms with Gasteiger partial charge in [-0.15, -0.1) is 11.8 Å². The van der Waals surface area contributed by atoms with E-state index in [4.69, 9.17) is 9.47 Å². The van der Waals surface area contributed by atoms with Crippen LogP contribution < -0.4 is 20.3 Å². The molecule has 0 fully saturated rings. The average molecular weight is 344 g/mol. The highest BCUT2D eigenvalue weighted by Gasteiger charge is 2.18. The maximum absolute atomic E-state index is 12.1. The zero-order chi connectivity index (χ0) is 16.9. The van der Waals surface area contributed by atoms with Crippen molar-refractivity contribution >= 4 is 23.6 Å². The molecule has 1 heterocycles. The van der Waals surface area contributed by atoms with Crippen molar-refractivity contribution in [1.29, 1.82) is 0 Å². The molecule has 0 aliphatic carbocycles. The number of hydrogen-bond acceptors (Lipinski definition) is 5. The molecule has 3 rings (SSSR count). The number of carbonyl (C=O) groups excluding carboxylic acids is 2. The lowest BCUT2D eigenvalue weighted by molar-refractivity contribution is -0.121. The van der Waals surface area contributed by atoms with Crippen LogP contribution in [0.4, 0.5) is 0 Å². The Morgan fingerprint density at radius 2 is 1.79 bits per heavy atom. The molecule has 2 N–H and O–H groups in total. The van der Waals surface area contributed by atoms with Gasteiger partial charge in [0.1, 0.15) is 0 Å². The minimum Gasteiger partial charge on any atom is -0.454 e. The number of hydrogen-bond donors (Lipinski definition) is 2. The molecule has 7 heteroatoms. The van der Waals surface area contributed by atoms with Gasteiger partial charge in [0.2, 0.25) is 6.79 Å². The molecular formula is C17H16N2O4S. The third-order valence-electron chi connectivity index (χ3n) is 3.36. The minimum atomic E-state index is -0.418. The second-order valence-electron chi connectivity index (χ2n) is 5.08. The van der Waals surface area contributed by atoms with Crippen LogP contribution in [-0.4, -0.2) is 23.9 Å². The minimum absolute atomic E-state index is 0.144. The summed E-state index contributed by atoms with van der Waals surface area (Å²) in [5.41, 5.74) is 5.22. The van der Waals surface area contributed by atoms with E-state index >= 15 is 0 Å². The average Bonchev–Trinajstić information content (AvgIpc) is 3.07. The normalized spacial score (nSPS) is 13.2. The molecule has 0 spiro atoms. The van der Waals surface area contributed by atoms with Gasteiger partial charge in [0.05, 0.1) is 5.25 Å². The fourth-order valence-corrected chi connectivity index (χ4v) is 2.98. The van der Waals surface area contributed by atoms with E-state index in [0.29, 0.717) is 17.1 Å². The second kappa shape index (κ2) is 7.27. The first-order chi connectivity index (χ1) is 11.6. The summed E-state index contributed by atoms with van der Waals surface area (Å²) < 4.78 is 10.4. The fourth-order valence-electron chi connectivity index (χ4n) is 2.09. The number of carbonyl (C=O) groups is 2. The third kappa shape index (κ3) is 3.80. The van der Waals surface area contributed by atoms with Crippen molar-refractivity contribution in [3.63, 3.8) is 0 Å². The van der Waals surface area contributed by atoms with Gasteiger partial charge in [0.15, 0.2) is 11.5 Å². The highest BCUT2D eigenvalue weighted by atomic mass is 32.2. The van der Waals surface area contributed by atoms with Crippen LogP contribution in [0.1, 0.15) is 17.3 Å². The van der Waals surface area contributed by atoms with Crippen molar-refractivity contribution in [3.05, 3.63) is 54.1 Å². The van der Waals surface area contributed by atoms with Gasteiger partial charge in [0.25, 0.3) is 11.8 Å². The summed E-state index contributed by atoms with van der Waals surface area (Å²) in [6.45, 7) is 1.92. The van der Waals surface area contributed by atoms with Crippen LogP contribution in [0.5, 0.6) is 11.5 Å². The van der Waals surface area contributed by atoms with E-state index in [1.807, 2.05) is 30.3 Å². The first kappa shape index (κ1) is 16.2. The smallest absolute Gasteiger partial charge is 0.269 e.